The first-order valence-electron chi connectivity index (χ1n) is 9.02. The highest BCUT2D eigenvalue weighted by Gasteiger charge is 2.11. The Morgan fingerprint density at radius 2 is 1.55 bits per heavy atom. The summed E-state index contributed by atoms with van der Waals surface area (Å²) in [6.07, 6.45) is 2.83. The molecule has 1 aromatic heterocycles. The van der Waals surface area contributed by atoms with Gasteiger partial charge in [0.15, 0.2) is 0 Å². The summed E-state index contributed by atoms with van der Waals surface area (Å²) in [5, 5.41) is 5.51. The Kier molecular flexibility index (Phi) is 6.78. The van der Waals surface area contributed by atoms with Crippen molar-refractivity contribution in [2.45, 2.75) is 0 Å². The molecule has 2 N–H and O–H groups in total. The molecule has 0 unspecified atom stereocenters. The molecule has 0 atom stereocenters. The van der Waals surface area contributed by atoms with Gasteiger partial charge in [0, 0.05) is 18.1 Å². The number of nitrogens with one attached hydrogen (secondary N) is 2. The van der Waals surface area contributed by atoms with Crippen molar-refractivity contribution in [2.24, 2.45) is 0 Å². The van der Waals surface area contributed by atoms with Crippen molar-refractivity contribution in [3.63, 3.8) is 0 Å². The van der Waals surface area contributed by atoms with E-state index < -0.39 is 0 Å². The number of methoxy groups -OCH3 is 1. The third-order valence-electron chi connectivity index (χ3n) is 4.01. The van der Waals surface area contributed by atoms with Crippen LogP contribution in [0.4, 0.5) is 5.69 Å². The number of pyridine rings is 1. The van der Waals surface area contributed by atoms with E-state index >= 15 is 0 Å². The first-order chi connectivity index (χ1) is 14.2. The van der Waals surface area contributed by atoms with E-state index in [0.29, 0.717) is 35.7 Å². The lowest BCUT2D eigenvalue weighted by atomic mass is 10.2. The van der Waals surface area contributed by atoms with Gasteiger partial charge in [-0.1, -0.05) is 18.2 Å². The molecule has 0 spiro atoms. The average Bonchev–Trinajstić information content (AvgIpc) is 2.77. The fourth-order valence-corrected chi connectivity index (χ4v) is 2.52. The zero-order chi connectivity index (χ0) is 20.5. The summed E-state index contributed by atoms with van der Waals surface area (Å²) < 4.78 is 10.7. The van der Waals surface area contributed by atoms with Crippen LogP contribution in [0.2, 0.25) is 0 Å². The van der Waals surface area contributed by atoms with Gasteiger partial charge in [0.2, 0.25) is 0 Å². The Bertz CT molecular complexity index is 959. The molecule has 29 heavy (non-hydrogen) atoms. The third kappa shape index (κ3) is 5.80. The van der Waals surface area contributed by atoms with Crippen molar-refractivity contribution in [2.75, 3.05) is 25.6 Å². The normalized spacial score (nSPS) is 10.1. The van der Waals surface area contributed by atoms with Gasteiger partial charge in [0.05, 0.1) is 24.8 Å². The van der Waals surface area contributed by atoms with Gasteiger partial charge < -0.3 is 20.1 Å². The van der Waals surface area contributed by atoms with Gasteiger partial charge in [0.1, 0.15) is 18.1 Å². The molecule has 1 heterocycles. The molecule has 148 valence electrons. The second-order valence-corrected chi connectivity index (χ2v) is 6.06. The Morgan fingerprint density at radius 3 is 2.24 bits per heavy atom. The predicted octanol–water partition coefficient (Wildman–Crippen LogP) is 3.15. The molecule has 0 radical (unpaired) electrons. The van der Waals surface area contributed by atoms with E-state index in [2.05, 4.69) is 15.6 Å². The molecular weight excluding hydrogens is 370 g/mol. The van der Waals surface area contributed by atoms with Crippen molar-refractivity contribution in [3.05, 3.63) is 84.2 Å². The van der Waals surface area contributed by atoms with Gasteiger partial charge >= 0.3 is 0 Å². The van der Waals surface area contributed by atoms with Crippen molar-refractivity contribution in [1.82, 2.24) is 10.3 Å². The van der Waals surface area contributed by atoms with Gasteiger partial charge in [-0.05, 0) is 42.5 Å². The van der Waals surface area contributed by atoms with Crippen LogP contribution in [0, 0.1) is 0 Å². The van der Waals surface area contributed by atoms with Crippen molar-refractivity contribution in [3.8, 4) is 11.5 Å². The minimum absolute atomic E-state index is 0.301. The summed E-state index contributed by atoms with van der Waals surface area (Å²) in [6, 6.07) is 17.8. The van der Waals surface area contributed by atoms with Gasteiger partial charge in [-0.25, -0.2) is 0 Å². The molecule has 0 bridgehead atoms. The number of hydrogen-bond acceptors (Lipinski definition) is 5. The Labute approximate surface area is 168 Å². The molecule has 3 aromatic rings. The number of amides is 2. The van der Waals surface area contributed by atoms with E-state index in [-0.39, 0.29) is 11.8 Å². The van der Waals surface area contributed by atoms with Crippen molar-refractivity contribution >= 4 is 17.5 Å². The van der Waals surface area contributed by atoms with Gasteiger partial charge in [0.25, 0.3) is 11.8 Å². The van der Waals surface area contributed by atoms with Crippen LogP contribution in [0.15, 0.2) is 73.1 Å². The highest BCUT2D eigenvalue weighted by Crippen LogP contribution is 2.16. The average molecular weight is 391 g/mol. The maximum absolute atomic E-state index is 12.3. The van der Waals surface area contributed by atoms with Crippen LogP contribution in [0.1, 0.15) is 20.7 Å². The number of aromatic nitrogens is 1. The Hall–Kier alpha value is -3.87. The molecule has 2 aromatic carbocycles. The van der Waals surface area contributed by atoms with Crippen molar-refractivity contribution in [1.29, 1.82) is 0 Å². The van der Waals surface area contributed by atoms with Gasteiger partial charge in [-0.2, -0.15) is 0 Å². The smallest absolute Gasteiger partial charge is 0.257 e. The van der Waals surface area contributed by atoms with Crippen LogP contribution in [-0.2, 0) is 0 Å². The van der Waals surface area contributed by atoms with Gasteiger partial charge in [-0.15, -0.1) is 0 Å². The first-order valence-corrected chi connectivity index (χ1v) is 9.02. The number of hydrogen-bond donors (Lipinski definition) is 2. The molecule has 7 heteroatoms. The number of carbonyl (C=O) groups is 2. The summed E-state index contributed by atoms with van der Waals surface area (Å²) >= 11 is 0. The third-order valence-corrected chi connectivity index (χ3v) is 4.01. The van der Waals surface area contributed by atoms with E-state index in [1.165, 1.54) is 18.5 Å². The topological polar surface area (TPSA) is 89.6 Å². The van der Waals surface area contributed by atoms with Crippen LogP contribution in [0.5, 0.6) is 11.5 Å². The highest BCUT2D eigenvalue weighted by atomic mass is 16.5. The van der Waals surface area contributed by atoms with E-state index in [1.807, 2.05) is 18.2 Å². The SMILES string of the molecule is COc1ccc(OCCNC(=O)c2cncc(C(=O)Nc3ccccc3)c2)cc1. The first kappa shape index (κ1) is 19.9. The zero-order valence-corrected chi connectivity index (χ0v) is 15.9. The zero-order valence-electron chi connectivity index (χ0n) is 15.9. The number of para-hydroxylation sites is 1. The molecule has 0 aliphatic carbocycles. The lowest BCUT2D eigenvalue weighted by Gasteiger charge is -2.09. The number of benzene rings is 2. The predicted molar refractivity (Wildman–Crippen MR) is 109 cm³/mol. The summed E-state index contributed by atoms with van der Waals surface area (Å²) in [4.78, 5) is 28.7. The molecule has 0 saturated heterocycles. The van der Waals surface area contributed by atoms with E-state index in [4.69, 9.17) is 9.47 Å². The van der Waals surface area contributed by atoms with Crippen molar-refractivity contribution < 1.29 is 19.1 Å². The number of rotatable bonds is 8. The minimum atomic E-state index is -0.332. The van der Waals surface area contributed by atoms with Crippen LogP contribution >= 0.6 is 0 Å². The quantitative estimate of drug-likeness (QED) is 0.576. The maximum Gasteiger partial charge on any atom is 0.257 e. The second-order valence-electron chi connectivity index (χ2n) is 6.06. The summed E-state index contributed by atoms with van der Waals surface area (Å²) in [6.45, 7) is 0.616. The minimum Gasteiger partial charge on any atom is -0.497 e. The van der Waals surface area contributed by atoms with Crippen LogP contribution in [-0.4, -0.2) is 37.1 Å². The molecule has 2 amide bonds. The van der Waals surface area contributed by atoms with E-state index in [0.717, 1.165) is 5.75 Å². The van der Waals surface area contributed by atoms with Crippen LogP contribution in [0.25, 0.3) is 0 Å². The number of ether oxygens (including phenoxy) is 2. The summed E-state index contributed by atoms with van der Waals surface area (Å²) in [5.41, 5.74) is 1.27. The molecule has 0 fully saturated rings. The fourth-order valence-electron chi connectivity index (χ4n) is 2.52. The molecule has 0 aliphatic heterocycles. The monoisotopic (exact) mass is 391 g/mol. The second kappa shape index (κ2) is 9.89. The fraction of sp³-hybridized carbons (Fsp3) is 0.136. The maximum atomic E-state index is 12.3. The Morgan fingerprint density at radius 1 is 0.897 bits per heavy atom. The lowest BCUT2D eigenvalue weighted by Crippen LogP contribution is -2.28. The lowest BCUT2D eigenvalue weighted by molar-refractivity contribution is 0.0946. The van der Waals surface area contributed by atoms with E-state index in [9.17, 15) is 9.59 Å². The molecule has 0 saturated carbocycles. The summed E-state index contributed by atoms with van der Waals surface area (Å²) in [7, 11) is 1.60. The Balaban J connectivity index is 1.50. The molecule has 0 aliphatic rings. The van der Waals surface area contributed by atoms with Gasteiger partial charge in [-0.3, -0.25) is 14.6 Å². The van der Waals surface area contributed by atoms with Crippen LogP contribution in [0.3, 0.4) is 0 Å². The molecular formula is C22H21N3O4. The highest BCUT2D eigenvalue weighted by molar-refractivity contribution is 6.05. The summed E-state index contributed by atoms with van der Waals surface area (Å²) in [5.74, 6) is 0.766. The largest absolute Gasteiger partial charge is 0.497 e. The standard InChI is InChI=1S/C22H21N3O4/c1-28-19-7-9-20(10-8-19)29-12-11-24-21(26)16-13-17(15-23-14-16)22(27)25-18-5-3-2-4-6-18/h2-10,13-15H,11-12H2,1H3,(H,24,26)(H,25,27). The number of carbonyl (C=O) groups excluding carboxylic acids is 2. The van der Waals surface area contributed by atoms with Crippen LogP contribution < -0.4 is 20.1 Å². The molecule has 3 rings (SSSR count). The molecule has 7 nitrogen and oxygen atoms in total. The van der Waals surface area contributed by atoms with E-state index in [1.54, 1.807) is 43.5 Å². The number of nitrogens with zero attached hydrogens (tertiary/aromatic N) is 1. The number of anilines is 1.